The van der Waals surface area contributed by atoms with E-state index in [4.69, 9.17) is 15.2 Å². The third-order valence-corrected chi connectivity index (χ3v) is 5.30. The predicted octanol–water partition coefficient (Wildman–Crippen LogP) is 3.25. The minimum absolute atomic E-state index is 0.118. The fourth-order valence-electron chi connectivity index (χ4n) is 3.79. The first kappa shape index (κ1) is 19.0. The van der Waals surface area contributed by atoms with Gasteiger partial charge in [0.1, 0.15) is 17.1 Å². The number of rotatable bonds is 3. The lowest BCUT2D eigenvalue weighted by atomic mass is 9.95. The number of ether oxygens (including phenoxy) is 2. The Morgan fingerprint density at radius 3 is 2.94 bits per heavy atom. The van der Waals surface area contributed by atoms with Gasteiger partial charge in [-0.25, -0.2) is 24.1 Å². The average molecular weight is 419 g/mol. The van der Waals surface area contributed by atoms with E-state index in [-0.39, 0.29) is 17.4 Å². The van der Waals surface area contributed by atoms with Crippen LogP contribution in [0.1, 0.15) is 27.7 Å². The summed E-state index contributed by atoms with van der Waals surface area (Å²) in [5.74, 6) is 0.459. The van der Waals surface area contributed by atoms with Crippen molar-refractivity contribution < 1.29 is 18.7 Å². The van der Waals surface area contributed by atoms with Crippen molar-refractivity contribution in [2.24, 2.45) is 0 Å². The van der Waals surface area contributed by atoms with Gasteiger partial charge >= 0.3 is 5.97 Å². The number of aromatic amines is 1. The second kappa shape index (κ2) is 7.35. The van der Waals surface area contributed by atoms with Crippen molar-refractivity contribution >= 4 is 23.0 Å². The fraction of sp³-hybridized carbons (Fsp3) is 0.182. The number of nitrogens with one attached hydrogen (secondary N) is 1. The van der Waals surface area contributed by atoms with E-state index < -0.39 is 11.8 Å². The van der Waals surface area contributed by atoms with Crippen molar-refractivity contribution in [1.82, 2.24) is 19.9 Å². The molecule has 3 heterocycles. The largest absolute Gasteiger partial charge is 0.493 e. The Morgan fingerprint density at radius 2 is 2.13 bits per heavy atom. The lowest BCUT2D eigenvalue weighted by Gasteiger charge is -2.24. The molecule has 31 heavy (non-hydrogen) atoms. The van der Waals surface area contributed by atoms with Gasteiger partial charge in [-0.1, -0.05) is 0 Å². The van der Waals surface area contributed by atoms with E-state index in [1.165, 1.54) is 19.4 Å². The molecule has 1 atom stereocenters. The summed E-state index contributed by atoms with van der Waals surface area (Å²) < 4.78 is 25.4. The van der Waals surface area contributed by atoms with Crippen LogP contribution in [-0.4, -0.2) is 39.6 Å². The molecule has 1 aliphatic rings. The van der Waals surface area contributed by atoms with Crippen LogP contribution in [-0.2, 0) is 11.2 Å². The number of anilines is 1. The van der Waals surface area contributed by atoms with Crippen LogP contribution in [0.5, 0.6) is 5.75 Å². The van der Waals surface area contributed by atoms with Gasteiger partial charge in [0.2, 0.25) is 5.95 Å². The maximum atomic E-state index is 14.8. The van der Waals surface area contributed by atoms with Crippen LogP contribution < -0.4 is 10.5 Å². The van der Waals surface area contributed by atoms with Gasteiger partial charge in [-0.15, -0.1) is 0 Å². The number of nitrogen functional groups attached to an aromatic ring is 1. The molecule has 0 saturated carbocycles. The molecule has 156 valence electrons. The summed E-state index contributed by atoms with van der Waals surface area (Å²) in [6.07, 6.45) is 2.12. The molecule has 2 aromatic carbocycles. The Bertz CT molecular complexity index is 1320. The Hall–Kier alpha value is -4.01. The Morgan fingerprint density at radius 1 is 1.26 bits per heavy atom. The second-order valence-electron chi connectivity index (χ2n) is 7.30. The molecule has 0 amide bonds. The highest BCUT2D eigenvalue weighted by molar-refractivity contribution is 5.89. The fourth-order valence-corrected chi connectivity index (χ4v) is 3.79. The van der Waals surface area contributed by atoms with E-state index in [9.17, 15) is 9.18 Å². The van der Waals surface area contributed by atoms with Crippen LogP contribution in [0.3, 0.4) is 0 Å². The van der Waals surface area contributed by atoms with Crippen molar-refractivity contribution in [2.45, 2.75) is 12.3 Å². The summed E-state index contributed by atoms with van der Waals surface area (Å²) in [6.45, 7) is 0.390. The molecule has 0 bridgehead atoms. The van der Waals surface area contributed by atoms with Crippen molar-refractivity contribution in [3.8, 4) is 17.0 Å². The molecule has 0 saturated heterocycles. The molecule has 1 aliphatic heterocycles. The smallest absolute Gasteiger partial charge is 0.337 e. The summed E-state index contributed by atoms with van der Waals surface area (Å²) in [4.78, 5) is 27.5. The van der Waals surface area contributed by atoms with E-state index >= 15 is 0 Å². The number of hydrogen-bond donors (Lipinski definition) is 2. The summed E-state index contributed by atoms with van der Waals surface area (Å²) in [5.41, 5.74) is 8.86. The number of halogens is 1. The maximum Gasteiger partial charge on any atom is 0.337 e. The van der Waals surface area contributed by atoms with Crippen molar-refractivity contribution in [3.05, 3.63) is 65.4 Å². The lowest BCUT2D eigenvalue weighted by molar-refractivity contribution is 0.0600. The number of nitrogens with zero attached hydrogens (tertiary/aromatic N) is 3. The number of fused-ring (bicyclic) bond motifs is 2. The molecule has 0 aliphatic carbocycles. The predicted molar refractivity (Wildman–Crippen MR) is 111 cm³/mol. The van der Waals surface area contributed by atoms with E-state index in [2.05, 4.69) is 19.9 Å². The minimum atomic E-state index is -0.461. The van der Waals surface area contributed by atoms with Crippen LogP contribution in [0.2, 0.25) is 0 Å². The molecule has 3 N–H and O–H groups in total. The van der Waals surface area contributed by atoms with Gasteiger partial charge in [0, 0.05) is 11.8 Å². The zero-order chi connectivity index (χ0) is 21.5. The third-order valence-electron chi connectivity index (χ3n) is 5.30. The van der Waals surface area contributed by atoms with Crippen LogP contribution >= 0.6 is 0 Å². The number of hydrogen-bond acceptors (Lipinski definition) is 7. The second-order valence-corrected chi connectivity index (χ2v) is 7.30. The van der Waals surface area contributed by atoms with Gasteiger partial charge in [-0.3, -0.25) is 0 Å². The number of imidazole rings is 1. The van der Waals surface area contributed by atoms with Crippen LogP contribution in [0.15, 0.2) is 42.6 Å². The molecule has 4 aromatic rings. The number of carbonyl (C=O) groups excluding carboxylic acids is 1. The Labute approximate surface area is 176 Å². The van der Waals surface area contributed by atoms with Gasteiger partial charge in [0.05, 0.1) is 36.4 Å². The molecule has 9 heteroatoms. The number of nitrogens with two attached hydrogens (primary N) is 1. The van der Waals surface area contributed by atoms with E-state index in [0.717, 1.165) is 11.3 Å². The topological polar surface area (TPSA) is 116 Å². The van der Waals surface area contributed by atoms with Crippen LogP contribution in [0, 0.1) is 5.82 Å². The SMILES string of the molecule is COC(=O)c1ccc2c(c1)CC(c1nc3c(F)cc(-c4ccnc(N)n4)cc3[nH]1)CO2. The minimum Gasteiger partial charge on any atom is -0.493 e. The van der Waals surface area contributed by atoms with Gasteiger partial charge < -0.3 is 20.2 Å². The molecule has 0 fully saturated rings. The molecular weight excluding hydrogens is 401 g/mol. The van der Waals surface area contributed by atoms with Crippen LogP contribution in [0.25, 0.3) is 22.3 Å². The van der Waals surface area contributed by atoms with Crippen LogP contribution in [0.4, 0.5) is 10.3 Å². The first-order chi connectivity index (χ1) is 15.0. The number of benzene rings is 2. The highest BCUT2D eigenvalue weighted by Gasteiger charge is 2.26. The summed E-state index contributed by atoms with van der Waals surface area (Å²) in [5, 5.41) is 0. The lowest BCUT2D eigenvalue weighted by Crippen LogP contribution is -2.20. The zero-order valence-electron chi connectivity index (χ0n) is 16.6. The van der Waals surface area contributed by atoms with Gasteiger partial charge in [-0.2, -0.15) is 0 Å². The molecular formula is C22H18FN5O3. The molecule has 0 radical (unpaired) electrons. The number of methoxy groups -OCH3 is 1. The molecule has 0 spiro atoms. The normalized spacial score (nSPS) is 15.4. The van der Waals surface area contributed by atoms with Crippen molar-refractivity contribution in [1.29, 1.82) is 0 Å². The van der Waals surface area contributed by atoms with Gasteiger partial charge in [0.15, 0.2) is 5.82 Å². The van der Waals surface area contributed by atoms with Crippen molar-refractivity contribution in [2.75, 3.05) is 19.5 Å². The number of H-pyrrole nitrogens is 1. The third kappa shape index (κ3) is 3.43. The summed E-state index contributed by atoms with van der Waals surface area (Å²) >= 11 is 0. The van der Waals surface area contributed by atoms with Gasteiger partial charge in [-0.05, 0) is 48.4 Å². The average Bonchev–Trinajstić information content (AvgIpc) is 3.23. The zero-order valence-corrected chi connectivity index (χ0v) is 16.6. The Kier molecular flexibility index (Phi) is 4.50. The number of esters is 1. The number of aromatic nitrogens is 4. The molecule has 5 rings (SSSR count). The first-order valence-corrected chi connectivity index (χ1v) is 9.64. The Balaban J connectivity index is 1.49. The van der Waals surface area contributed by atoms with E-state index in [1.807, 2.05) is 0 Å². The molecule has 8 nitrogen and oxygen atoms in total. The summed E-state index contributed by atoms with van der Waals surface area (Å²) in [7, 11) is 1.34. The maximum absolute atomic E-state index is 14.8. The standard InChI is InChI=1S/C22H18FN5O3/c1-30-21(29)11-2-3-18-13(6-11)7-14(10-31-18)20-26-17-9-12(8-15(23)19(17)28-20)16-4-5-25-22(24)27-16/h2-6,8-9,14H,7,10H2,1H3,(H,26,28)(H2,24,25,27). The van der Waals surface area contributed by atoms with E-state index in [1.54, 1.807) is 30.3 Å². The quantitative estimate of drug-likeness (QED) is 0.490. The van der Waals surface area contributed by atoms with Crippen molar-refractivity contribution in [3.63, 3.8) is 0 Å². The highest BCUT2D eigenvalue weighted by atomic mass is 19.1. The van der Waals surface area contributed by atoms with Gasteiger partial charge in [0.25, 0.3) is 0 Å². The number of carbonyl (C=O) groups is 1. The first-order valence-electron chi connectivity index (χ1n) is 9.64. The van der Waals surface area contributed by atoms with E-state index in [0.29, 0.717) is 41.2 Å². The highest BCUT2D eigenvalue weighted by Crippen LogP contribution is 2.34. The summed E-state index contributed by atoms with van der Waals surface area (Å²) in [6, 6.07) is 10.0. The molecule has 1 unspecified atom stereocenters. The monoisotopic (exact) mass is 419 g/mol. The molecule has 2 aromatic heterocycles.